The summed E-state index contributed by atoms with van der Waals surface area (Å²) in [5.74, 6) is -0.881. The summed E-state index contributed by atoms with van der Waals surface area (Å²) in [5.41, 5.74) is 0.874. The van der Waals surface area contributed by atoms with Crippen molar-refractivity contribution in [2.75, 3.05) is 38.3 Å². The molecule has 2 heterocycles. The first kappa shape index (κ1) is 25.6. The molecule has 0 unspecified atom stereocenters. The van der Waals surface area contributed by atoms with Crippen LogP contribution in [0.5, 0.6) is 5.75 Å². The Morgan fingerprint density at radius 2 is 2.00 bits per heavy atom. The molecule has 0 aliphatic carbocycles. The third-order valence-corrected chi connectivity index (χ3v) is 7.17. The second-order valence-corrected chi connectivity index (χ2v) is 10.6. The number of amides is 2. The van der Waals surface area contributed by atoms with E-state index in [0.29, 0.717) is 5.56 Å². The van der Waals surface area contributed by atoms with Crippen LogP contribution in [0.2, 0.25) is 0 Å². The number of nitrogens with one attached hydrogen (secondary N) is 1. The molecule has 0 bridgehead atoms. The number of anilines is 1. The number of fused-ring (bicyclic) bond motifs is 1. The quantitative estimate of drug-likeness (QED) is 0.601. The number of sulfonamides is 1. The van der Waals surface area contributed by atoms with Gasteiger partial charge in [-0.1, -0.05) is 13.0 Å². The van der Waals surface area contributed by atoms with Crippen LogP contribution >= 0.6 is 0 Å². The van der Waals surface area contributed by atoms with Gasteiger partial charge in [0.2, 0.25) is 10.0 Å². The summed E-state index contributed by atoms with van der Waals surface area (Å²) < 4.78 is 31.6. The third-order valence-electron chi connectivity index (χ3n) is 5.89. The number of nitrogens with zero attached hydrogens (tertiary/aromatic N) is 3. The fraction of sp³-hybridized carbons (Fsp3) is 0.435. The lowest BCUT2D eigenvalue weighted by molar-refractivity contribution is 0.0389. The fourth-order valence-corrected chi connectivity index (χ4v) is 4.06. The molecule has 0 saturated heterocycles. The smallest absolute Gasteiger partial charge is 0.258 e. The van der Waals surface area contributed by atoms with Gasteiger partial charge in [-0.25, -0.2) is 12.7 Å². The van der Waals surface area contributed by atoms with Crippen LogP contribution in [0.3, 0.4) is 0 Å². The number of benzene rings is 1. The number of aliphatic hydroxyl groups excluding tert-OH is 1. The zero-order valence-electron chi connectivity index (χ0n) is 19.6. The summed E-state index contributed by atoms with van der Waals surface area (Å²) >= 11 is 0. The molecule has 2 aromatic rings. The monoisotopic (exact) mass is 490 g/mol. The van der Waals surface area contributed by atoms with Crippen molar-refractivity contribution in [3.05, 3.63) is 53.9 Å². The largest absolute Gasteiger partial charge is 0.486 e. The van der Waals surface area contributed by atoms with Crippen LogP contribution in [0.25, 0.3) is 0 Å². The number of rotatable bonds is 7. The molecule has 11 heteroatoms. The van der Waals surface area contributed by atoms with Crippen LogP contribution in [-0.2, 0) is 10.0 Å². The first-order valence-corrected chi connectivity index (χ1v) is 12.7. The van der Waals surface area contributed by atoms with Gasteiger partial charge in [0.15, 0.2) is 5.75 Å². The summed E-state index contributed by atoms with van der Waals surface area (Å²) in [5, 5.41) is 12.5. The third kappa shape index (κ3) is 5.72. The maximum Gasteiger partial charge on any atom is 0.258 e. The highest BCUT2D eigenvalue weighted by Crippen LogP contribution is 2.35. The van der Waals surface area contributed by atoms with Crippen molar-refractivity contribution in [3.63, 3.8) is 0 Å². The summed E-state index contributed by atoms with van der Waals surface area (Å²) in [6.45, 7) is 3.66. The number of likely N-dealkylation sites (N-methyl/N-ethyl adjacent to an activating group) is 1. The van der Waals surface area contributed by atoms with Gasteiger partial charge in [0.1, 0.15) is 6.10 Å². The standard InChI is InChI=1S/C23H30N4O6S/c1-15-12-27(16(2)14-28)23(30)18-6-5-7-19(25-22(29)17-8-10-24-11-9-17)21(18)33-20(15)13-26(3)34(4,31)32/h5-11,15-16,20,28H,12-14H2,1-4H3,(H,25,29)/t15-,16-,20-/m0/s1. The average Bonchev–Trinajstić information content (AvgIpc) is 2.81. The van der Waals surface area contributed by atoms with E-state index < -0.39 is 28.1 Å². The normalized spacial score (nSPS) is 19.6. The SMILES string of the molecule is C[C@H]1CN([C@@H](C)CO)C(=O)c2cccc(NC(=O)c3ccncc3)c2O[C@H]1CN(C)S(C)(=O)=O. The highest BCUT2D eigenvalue weighted by molar-refractivity contribution is 7.88. The number of carbonyl (C=O) groups is 2. The summed E-state index contributed by atoms with van der Waals surface area (Å²) in [4.78, 5) is 31.7. The first-order valence-electron chi connectivity index (χ1n) is 10.9. The Kier molecular flexibility index (Phi) is 7.90. The molecule has 34 heavy (non-hydrogen) atoms. The van der Waals surface area contributed by atoms with Gasteiger partial charge in [0.05, 0.1) is 36.7 Å². The van der Waals surface area contributed by atoms with Gasteiger partial charge in [-0.05, 0) is 31.2 Å². The van der Waals surface area contributed by atoms with E-state index in [1.54, 1.807) is 42.2 Å². The van der Waals surface area contributed by atoms with Gasteiger partial charge in [-0.3, -0.25) is 14.6 Å². The number of aromatic nitrogens is 1. The Morgan fingerprint density at radius 3 is 2.62 bits per heavy atom. The molecule has 1 aliphatic rings. The van der Waals surface area contributed by atoms with Gasteiger partial charge in [-0.15, -0.1) is 0 Å². The molecule has 10 nitrogen and oxygen atoms in total. The Bertz CT molecular complexity index is 1140. The highest BCUT2D eigenvalue weighted by Gasteiger charge is 2.35. The average molecular weight is 491 g/mol. The van der Waals surface area contributed by atoms with Crippen LogP contribution in [0.15, 0.2) is 42.7 Å². The number of pyridine rings is 1. The molecule has 2 amide bonds. The minimum atomic E-state index is -3.48. The second-order valence-electron chi connectivity index (χ2n) is 8.54. The maximum absolute atomic E-state index is 13.4. The van der Waals surface area contributed by atoms with Gasteiger partial charge >= 0.3 is 0 Å². The van der Waals surface area contributed by atoms with Gasteiger partial charge in [0.25, 0.3) is 11.8 Å². The number of carbonyl (C=O) groups excluding carboxylic acids is 2. The van der Waals surface area contributed by atoms with E-state index >= 15 is 0 Å². The van der Waals surface area contributed by atoms with Crippen molar-refractivity contribution < 1.29 is 27.9 Å². The predicted molar refractivity (Wildman–Crippen MR) is 127 cm³/mol. The van der Waals surface area contributed by atoms with Gasteiger partial charge < -0.3 is 20.1 Å². The van der Waals surface area contributed by atoms with Crippen molar-refractivity contribution in [1.82, 2.24) is 14.2 Å². The predicted octanol–water partition coefficient (Wildman–Crippen LogP) is 1.45. The lowest BCUT2D eigenvalue weighted by Gasteiger charge is -2.38. The molecule has 1 aliphatic heterocycles. The van der Waals surface area contributed by atoms with Crippen LogP contribution in [0.4, 0.5) is 5.69 Å². The molecule has 3 rings (SSSR count). The number of ether oxygens (including phenoxy) is 1. The molecule has 3 atom stereocenters. The second kappa shape index (κ2) is 10.5. The zero-order chi connectivity index (χ0) is 25.0. The van der Waals surface area contributed by atoms with Gasteiger partial charge in [0, 0.05) is 37.5 Å². The summed E-state index contributed by atoms with van der Waals surface area (Å²) in [6.07, 6.45) is 3.48. The zero-order valence-corrected chi connectivity index (χ0v) is 20.4. The molecular formula is C23H30N4O6S. The van der Waals surface area contributed by atoms with Crippen molar-refractivity contribution in [1.29, 1.82) is 0 Å². The topological polar surface area (TPSA) is 129 Å². The number of hydrogen-bond donors (Lipinski definition) is 2. The minimum Gasteiger partial charge on any atom is -0.486 e. The van der Waals surface area contributed by atoms with Crippen molar-refractivity contribution in [3.8, 4) is 5.75 Å². The van der Waals surface area contributed by atoms with Crippen molar-refractivity contribution >= 4 is 27.5 Å². The molecule has 0 radical (unpaired) electrons. The summed E-state index contributed by atoms with van der Waals surface area (Å²) in [6, 6.07) is 7.49. The van der Waals surface area contributed by atoms with E-state index in [-0.39, 0.29) is 48.5 Å². The number of para-hydroxylation sites is 1. The minimum absolute atomic E-state index is 0.0433. The molecule has 0 fully saturated rings. The van der Waals surface area contributed by atoms with Crippen LogP contribution in [0.1, 0.15) is 34.6 Å². The fourth-order valence-electron chi connectivity index (χ4n) is 3.65. The van der Waals surface area contributed by atoms with E-state index in [0.717, 1.165) is 6.26 Å². The number of aliphatic hydroxyl groups is 1. The molecule has 1 aromatic carbocycles. The van der Waals surface area contributed by atoms with Crippen LogP contribution < -0.4 is 10.1 Å². The maximum atomic E-state index is 13.4. The van der Waals surface area contributed by atoms with Crippen molar-refractivity contribution in [2.45, 2.75) is 26.0 Å². The Balaban J connectivity index is 2.06. The molecule has 0 saturated carbocycles. The van der Waals surface area contributed by atoms with E-state index in [1.807, 2.05) is 6.92 Å². The highest BCUT2D eigenvalue weighted by atomic mass is 32.2. The van der Waals surface area contributed by atoms with Crippen LogP contribution in [0, 0.1) is 5.92 Å². The molecule has 1 aromatic heterocycles. The number of hydrogen-bond acceptors (Lipinski definition) is 7. The lowest BCUT2D eigenvalue weighted by atomic mass is 9.99. The van der Waals surface area contributed by atoms with E-state index in [1.165, 1.54) is 23.7 Å². The molecule has 2 N–H and O–H groups in total. The molecular weight excluding hydrogens is 460 g/mol. The van der Waals surface area contributed by atoms with Crippen LogP contribution in [-0.4, -0.2) is 84.7 Å². The Labute approximate surface area is 199 Å². The van der Waals surface area contributed by atoms with Crippen molar-refractivity contribution in [2.24, 2.45) is 5.92 Å². The first-order chi connectivity index (χ1) is 16.0. The van der Waals surface area contributed by atoms with E-state index in [4.69, 9.17) is 4.74 Å². The molecule has 0 spiro atoms. The van der Waals surface area contributed by atoms with E-state index in [2.05, 4.69) is 10.3 Å². The molecule has 184 valence electrons. The summed E-state index contributed by atoms with van der Waals surface area (Å²) in [7, 11) is -2.02. The Morgan fingerprint density at radius 1 is 1.32 bits per heavy atom. The van der Waals surface area contributed by atoms with E-state index in [9.17, 15) is 23.1 Å². The van der Waals surface area contributed by atoms with Gasteiger partial charge in [-0.2, -0.15) is 0 Å². The Hall–Kier alpha value is -3.02. The lowest BCUT2D eigenvalue weighted by Crippen LogP contribution is -2.50.